The molecule has 0 fully saturated rings. The van der Waals surface area contributed by atoms with Gasteiger partial charge in [-0.25, -0.2) is 13.2 Å². The minimum absolute atomic E-state index is 0.0165. The van der Waals surface area contributed by atoms with E-state index in [2.05, 4.69) is 20.7 Å². The number of hydrogen-bond acceptors (Lipinski definition) is 8. The second-order valence-electron chi connectivity index (χ2n) is 10.2. The minimum Gasteiger partial charge on any atom is -0.492 e. The van der Waals surface area contributed by atoms with Crippen molar-refractivity contribution in [2.45, 2.75) is 43.7 Å². The van der Waals surface area contributed by atoms with Gasteiger partial charge in [0.05, 0.1) is 17.7 Å². The number of rotatable bonds is 12. The molecule has 0 aliphatic heterocycles. The third-order valence-corrected chi connectivity index (χ3v) is 7.13. The van der Waals surface area contributed by atoms with Crippen molar-refractivity contribution in [1.29, 1.82) is 0 Å². The van der Waals surface area contributed by atoms with Crippen LogP contribution in [-0.2, 0) is 19.6 Å². The number of aromatic nitrogens is 1. The van der Waals surface area contributed by atoms with E-state index < -0.39 is 45.6 Å². The lowest BCUT2D eigenvalue weighted by Crippen LogP contribution is -2.50. The van der Waals surface area contributed by atoms with Crippen LogP contribution in [0.1, 0.15) is 37.6 Å². The number of esters is 1. The molecule has 14 heteroatoms. The number of nitrogens with one attached hydrogen (secondary N) is 4. The van der Waals surface area contributed by atoms with Crippen LogP contribution in [0.25, 0.3) is 5.52 Å². The van der Waals surface area contributed by atoms with Gasteiger partial charge in [0.25, 0.3) is 11.5 Å². The van der Waals surface area contributed by atoms with E-state index in [9.17, 15) is 27.6 Å². The maximum absolute atomic E-state index is 13.0. The van der Waals surface area contributed by atoms with Gasteiger partial charge in [0.1, 0.15) is 17.4 Å². The second-order valence-corrected chi connectivity index (χ2v) is 11.9. The molecule has 0 saturated carbocycles. The van der Waals surface area contributed by atoms with Crippen molar-refractivity contribution < 1.29 is 32.3 Å². The first-order chi connectivity index (χ1) is 19.8. The molecule has 226 valence electrons. The van der Waals surface area contributed by atoms with Crippen LogP contribution < -0.4 is 31.0 Å². The molecule has 0 bridgehead atoms. The van der Waals surface area contributed by atoms with Gasteiger partial charge in [-0.2, -0.15) is 4.72 Å². The van der Waals surface area contributed by atoms with Gasteiger partial charge in [-0.1, -0.05) is 18.2 Å². The molecule has 0 saturated heterocycles. The number of pyridine rings is 2. The van der Waals surface area contributed by atoms with Gasteiger partial charge in [-0.15, -0.1) is 0 Å². The zero-order chi connectivity index (χ0) is 30.9. The number of hydrogen-bond donors (Lipinski definition) is 4. The zero-order valence-corrected chi connectivity index (χ0v) is 24.6. The minimum atomic E-state index is -4.12. The van der Waals surface area contributed by atoms with Crippen LogP contribution >= 0.6 is 0 Å². The lowest BCUT2D eigenvalue weighted by molar-refractivity contribution is -0.156. The topological polar surface area (TPSA) is 173 Å². The third-order valence-electron chi connectivity index (χ3n) is 5.65. The number of amides is 3. The Morgan fingerprint density at radius 3 is 2.38 bits per heavy atom. The van der Waals surface area contributed by atoms with Crippen LogP contribution in [0.2, 0.25) is 0 Å². The van der Waals surface area contributed by atoms with Crippen molar-refractivity contribution in [3.8, 4) is 5.75 Å². The molecular weight excluding hydrogens is 566 g/mol. The molecule has 1 aromatic carbocycles. The van der Waals surface area contributed by atoms with Gasteiger partial charge >= 0.3 is 12.0 Å². The molecule has 2 aromatic heterocycles. The lowest BCUT2D eigenvalue weighted by atomic mass is 10.2. The number of urea groups is 1. The number of sulfonamides is 1. The molecule has 0 spiro atoms. The van der Waals surface area contributed by atoms with Crippen LogP contribution in [-0.4, -0.2) is 69.1 Å². The summed E-state index contributed by atoms with van der Waals surface area (Å²) in [4.78, 5) is 49.8. The Morgan fingerprint density at radius 2 is 1.71 bits per heavy atom. The second kappa shape index (κ2) is 14.0. The number of fused-ring (bicyclic) bond motifs is 1. The van der Waals surface area contributed by atoms with Crippen LogP contribution in [0, 0.1) is 0 Å². The summed E-state index contributed by atoms with van der Waals surface area (Å²) < 4.78 is 40.4. The molecule has 0 aliphatic rings. The summed E-state index contributed by atoms with van der Waals surface area (Å²) in [6.07, 6.45) is 2.04. The monoisotopic (exact) mass is 601 g/mol. The van der Waals surface area contributed by atoms with Gasteiger partial charge in [-0.3, -0.25) is 18.8 Å². The largest absolute Gasteiger partial charge is 0.492 e. The first-order valence-corrected chi connectivity index (χ1v) is 14.6. The fraction of sp³-hybridized carbons (Fsp3) is 0.357. The summed E-state index contributed by atoms with van der Waals surface area (Å²) >= 11 is 0. The Hall–Kier alpha value is -4.43. The standard InChI is InChI=1S/C28H35N5O8S/c1-28(2,3)41-26(36)23(32-42(38,39)22-9-6-5-7-10-22)17-31-25(35)19-15-20-11-12-21(18-33(20)24(34)16-19)40-14-8-13-30-27(37)29-4/h5-7,9-12,15-16,18,23,32H,8,13-14,17H2,1-4H3,(H,31,35)(H2,29,30,37). The van der Waals surface area contributed by atoms with Crippen LogP contribution in [0.15, 0.2) is 70.5 Å². The van der Waals surface area contributed by atoms with Gasteiger partial charge in [0.15, 0.2) is 0 Å². The van der Waals surface area contributed by atoms with Crippen molar-refractivity contribution in [2.75, 3.05) is 26.7 Å². The maximum Gasteiger partial charge on any atom is 0.326 e. The van der Waals surface area contributed by atoms with Crippen molar-refractivity contribution in [3.63, 3.8) is 0 Å². The molecular formula is C28H35N5O8S. The van der Waals surface area contributed by atoms with Crippen molar-refractivity contribution in [1.82, 2.24) is 25.1 Å². The Bertz CT molecular complexity index is 1580. The van der Waals surface area contributed by atoms with E-state index in [1.54, 1.807) is 51.1 Å². The average molecular weight is 602 g/mol. The molecule has 42 heavy (non-hydrogen) atoms. The summed E-state index contributed by atoms with van der Waals surface area (Å²) in [7, 11) is -2.60. The first-order valence-electron chi connectivity index (χ1n) is 13.1. The predicted octanol–water partition coefficient (Wildman–Crippen LogP) is 1.42. The highest BCUT2D eigenvalue weighted by molar-refractivity contribution is 7.89. The van der Waals surface area contributed by atoms with Crippen molar-refractivity contribution >= 4 is 33.4 Å². The van der Waals surface area contributed by atoms with Crippen LogP contribution in [0.4, 0.5) is 4.79 Å². The molecule has 4 N–H and O–H groups in total. The van der Waals surface area contributed by atoms with Crippen molar-refractivity contribution in [2.24, 2.45) is 0 Å². The quantitative estimate of drug-likeness (QED) is 0.178. The lowest BCUT2D eigenvalue weighted by Gasteiger charge is -2.24. The number of ether oxygens (including phenoxy) is 2. The fourth-order valence-corrected chi connectivity index (χ4v) is 4.88. The molecule has 13 nitrogen and oxygen atoms in total. The smallest absolute Gasteiger partial charge is 0.326 e. The highest BCUT2D eigenvalue weighted by atomic mass is 32.2. The van der Waals surface area contributed by atoms with Crippen molar-refractivity contribution in [3.05, 3.63) is 76.7 Å². The fourth-order valence-electron chi connectivity index (χ4n) is 3.67. The average Bonchev–Trinajstić information content (AvgIpc) is 2.94. The van der Waals surface area contributed by atoms with E-state index in [4.69, 9.17) is 9.47 Å². The zero-order valence-electron chi connectivity index (χ0n) is 23.8. The molecule has 3 amide bonds. The summed E-state index contributed by atoms with van der Waals surface area (Å²) in [5.74, 6) is -1.14. The number of benzene rings is 1. The first kappa shape index (κ1) is 32.1. The molecule has 0 radical (unpaired) electrons. The van der Waals surface area contributed by atoms with E-state index in [1.807, 2.05) is 0 Å². The SMILES string of the molecule is CNC(=O)NCCCOc1ccc2cc(C(=O)NCC(NS(=O)(=O)c3ccccc3)C(=O)OC(C)(C)C)cc(=O)n2c1. The highest BCUT2D eigenvalue weighted by Gasteiger charge is 2.30. The molecule has 1 atom stereocenters. The normalized spacial score (nSPS) is 12.3. The molecule has 0 aliphatic carbocycles. The van der Waals surface area contributed by atoms with Gasteiger partial charge in [-0.05, 0) is 57.5 Å². The summed E-state index contributed by atoms with van der Waals surface area (Å²) in [5.41, 5.74) is -0.981. The molecule has 2 heterocycles. The Kier molecular flexibility index (Phi) is 10.7. The number of nitrogens with zero attached hydrogens (tertiary/aromatic N) is 1. The molecule has 3 aromatic rings. The number of carbonyl (C=O) groups excluding carboxylic acids is 3. The van der Waals surface area contributed by atoms with Gasteiger partial charge in [0, 0.05) is 37.3 Å². The Labute approximate surface area is 243 Å². The van der Waals surface area contributed by atoms with E-state index >= 15 is 0 Å². The summed E-state index contributed by atoms with van der Waals surface area (Å²) in [6.45, 7) is 5.19. The summed E-state index contributed by atoms with van der Waals surface area (Å²) in [6, 6.07) is 11.6. The van der Waals surface area contributed by atoms with E-state index in [1.165, 1.54) is 35.8 Å². The number of carbonyl (C=O) groups is 3. The van der Waals surface area contributed by atoms with E-state index in [0.29, 0.717) is 30.8 Å². The third kappa shape index (κ3) is 9.31. The van der Waals surface area contributed by atoms with Crippen LogP contribution in [0.5, 0.6) is 5.75 Å². The highest BCUT2D eigenvalue weighted by Crippen LogP contribution is 2.15. The Morgan fingerprint density at radius 1 is 1.00 bits per heavy atom. The van der Waals surface area contributed by atoms with Gasteiger partial charge in [0.2, 0.25) is 10.0 Å². The molecule has 1 unspecified atom stereocenters. The summed E-state index contributed by atoms with van der Waals surface area (Å²) in [5, 5.41) is 7.61. The van der Waals surface area contributed by atoms with Crippen LogP contribution in [0.3, 0.4) is 0 Å². The Balaban J connectivity index is 1.71. The van der Waals surface area contributed by atoms with E-state index in [-0.39, 0.29) is 16.5 Å². The maximum atomic E-state index is 13.0. The van der Waals surface area contributed by atoms with E-state index in [0.717, 1.165) is 6.07 Å². The van der Waals surface area contributed by atoms with Gasteiger partial charge < -0.3 is 25.4 Å². The predicted molar refractivity (Wildman–Crippen MR) is 155 cm³/mol. The molecule has 3 rings (SSSR count).